The first-order valence-corrected chi connectivity index (χ1v) is 5.72. The van der Waals surface area contributed by atoms with Crippen molar-refractivity contribution in [2.24, 2.45) is 0 Å². The number of pyridine rings is 1. The molecule has 1 aromatic carbocycles. The van der Waals surface area contributed by atoms with Crippen LogP contribution in [-0.2, 0) is 0 Å². The highest BCUT2D eigenvalue weighted by Gasteiger charge is 2.05. The number of nitrogens with zero attached hydrogens (tertiary/aromatic N) is 3. The lowest BCUT2D eigenvalue weighted by Crippen LogP contribution is -2.21. The van der Waals surface area contributed by atoms with Gasteiger partial charge in [-0.15, -0.1) is 0 Å². The third-order valence-corrected chi connectivity index (χ3v) is 2.88. The molecule has 3 rings (SSSR count). The van der Waals surface area contributed by atoms with Crippen molar-refractivity contribution in [3.05, 3.63) is 64.2 Å². The smallest absolute Gasteiger partial charge is 0.267 e. The second-order valence-electron chi connectivity index (χ2n) is 3.77. The van der Waals surface area contributed by atoms with Gasteiger partial charge >= 0.3 is 0 Å². The number of fused-ring (bicyclic) bond motifs is 1. The number of aromatic nitrogens is 3. The normalized spacial score (nSPS) is 10.7. The maximum Gasteiger partial charge on any atom is 0.280 e. The summed E-state index contributed by atoms with van der Waals surface area (Å²) in [6.45, 7) is 0. The van der Waals surface area contributed by atoms with Crippen LogP contribution in [0.1, 0.15) is 0 Å². The summed E-state index contributed by atoms with van der Waals surface area (Å²) in [5.74, 6) is 0. The van der Waals surface area contributed by atoms with Gasteiger partial charge in [0.2, 0.25) is 0 Å². The number of halogens is 1. The Balaban J connectivity index is 2.27. The maximum absolute atomic E-state index is 12.2. The fourth-order valence-electron chi connectivity index (χ4n) is 1.75. The number of rotatable bonds is 1. The van der Waals surface area contributed by atoms with Crippen molar-refractivity contribution in [3.63, 3.8) is 0 Å². The molecule has 3 aromatic rings. The molecule has 0 atom stereocenters. The van der Waals surface area contributed by atoms with Gasteiger partial charge in [-0.05, 0) is 36.4 Å². The fourth-order valence-corrected chi connectivity index (χ4v) is 1.87. The molecular weight excluding hydrogens is 250 g/mol. The minimum Gasteiger partial charge on any atom is -0.267 e. The number of hydrogen-bond donors (Lipinski definition) is 0. The average molecular weight is 258 g/mol. The molecule has 0 aliphatic carbocycles. The van der Waals surface area contributed by atoms with Gasteiger partial charge in [0.15, 0.2) is 0 Å². The van der Waals surface area contributed by atoms with E-state index < -0.39 is 0 Å². The van der Waals surface area contributed by atoms with Crippen LogP contribution in [0.3, 0.4) is 0 Å². The zero-order chi connectivity index (χ0) is 12.5. The Hall–Kier alpha value is -2.20. The van der Waals surface area contributed by atoms with Crippen molar-refractivity contribution in [1.82, 2.24) is 14.8 Å². The summed E-state index contributed by atoms with van der Waals surface area (Å²) in [5.41, 5.74) is 1.07. The van der Waals surface area contributed by atoms with Gasteiger partial charge in [0.1, 0.15) is 0 Å². The molecule has 5 heteroatoms. The van der Waals surface area contributed by atoms with Crippen LogP contribution >= 0.6 is 11.6 Å². The van der Waals surface area contributed by atoms with Gasteiger partial charge in [0, 0.05) is 11.2 Å². The van der Waals surface area contributed by atoms with Crippen molar-refractivity contribution >= 4 is 22.5 Å². The Bertz CT molecular complexity index is 765. The molecule has 2 aromatic heterocycles. The topological polar surface area (TPSA) is 47.8 Å². The van der Waals surface area contributed by atoms with Gasteiger partial charge in [0.05, 0.1) is 22.8 Å². The van der Waals surface area contributed by atoms with Crippen LogP contribution in [0.25, 0.3) is 16.6 Å². The summed E-state index contributed by atoms with van der Waals surface area (Å²) in [5, 5.41) is 5.27. The van der Waals surface area contributed by atoms with Crippen LogP contribution in [0.4, 0.5) is 0 Å². The van der Waals surface area contributed by atoms with Crippen molar-refractivity contribution in [1.29, 1.82) is 0 Å². The van der Waals surface area contributed by atoms with Crippen LogP contribution in [0.15, 0.2) is 53.6 Å². The average Bonchev–Trinajstić information content (AvgIpc) is 2.41. The third-order valence-electron chi connectivity index (χ3n) is 2.63. The van der Waals surface area contributed by atoms with E-state index in [-0.39, 0.29) is 5.56 Å². The van der Waals surface area contributed by atoms with E-state index in [2.05, 4.69) is 10.1 Å². The molecule has 0 bridgehead atoms. The predicted octanol–water partition coefficient (Wildman–Crippen LogP) is 2.43. The lowest BCUT2D eigenvalue weighted by molar-refractivity contribution is 0.819. The van der Waals surface area contributed by atoms with E-state index in [1.807, 2.05) is 0 Å². The predicted molar refractivity (Wildman–Crippen MR) is 70.1 cm³/mol. The van der Waals surface area contributed by atoms with E-state index in [4.69, 9.17) is 11.6 Å². The van der Waals surface area contributed by atoms with Gasteiger partial charge < -0.3 is 0 Å². The molecule has 0 N–H and O–H groups in total. The van der Waals surface area contributed by atoms with E-state index in [0.717, 1.165) is 0 Å². The van der Waals surface area contributed by atoms with E-state index in [9.17, 15) is 4.79 Å². The highest BCUT2D eigenvalue weighted by molar-refractivity contribution is 6.30. The van der Waals surface area contributed by atoms with E-state index >= 15 is 0 Å². The van der Waals surface area contributed by atoms with Crippen molar-refractivity contribution in [2.75, 3.05) is 0 Å². The van der Waals surface area contributed by atoms with Gasteiger partial charge in [0.25, 0.3) is 5.56 Å². The van der Waals surface area contributed by atoms with E-state index in [1.54, 1.807) is 48.8 Å². The third kappa shape index (κ3) is 1.76. The molecule has 0 aliphatic rings. The first kappa shape index (κ1) is 10.9. The zero-order valence-electron chi connectivity index (χ0n) is 9.25. The lowest BCUT2D eigenvalue weighted by atomic mass is 10.3. The number of hydrogen-bond acceptors (Lipinski definition) is 3. The van der Waals surface area contributed by atoms with Crippen molar-refractivity contribution < 1.29 is 0 Å². The standard InChI is InChI=1S/C13H8ClN3O/c14-9-3-5-10(6-4-9)17-13(18)11-2-1-7-15-12(11)8-16-17/h1-8H. The van der Waals surface area contributed by atoms with Crippen molar-refractivity contribution in [3.8, 4) is 5.69 Å². The van der Waals surface area contributed by atoms with E-state index in [0.29, 0.717) is 21.6 Å². The Morgan fingerprint density at radius 3 is 2.67 bits per heavy atom. The molecular formula is C13H8ClN3O. The summed E-state index contributed by atoms with van der Waals surface area (Å²) in [7, 11) is 0. The molecule has 0 unspecified atom stereocenters. The Kier molecular flexibility index (Phi) is 2.57. The van der Waals surface area contributed by atoms with Crippen LogP contribution in [0.5, 0.6) is 0 Å². The lowest BCUT2D eigenvalue weighted by Gasteiger charge is -2.05. The highest BCUT2D eigenvalue weighted by Crippen LogP contribution is 2.12. The van der Waals surface area contributed by atoms with Crippen LogP contribution in [-0.4, -0.2) is 14.8 Å². The molecule has 88 valence electrons. The molecule has 0 fully saturated rings. The monoisotopic (exact) mass is 257 g/mol. The fraction of sp³-hybridized carbons (Fsp3) is 0. The second kappa shape index (κ2) is 4.23. The molecule has 0 saturated carbocycles. The first-order chi connectivity index (χ1) is 8.75. The summed E-state index contributed by atoms with van der Waals surface area (Å²) in [6, 6.07) is 10.4. The highest BCUT2D eigenvalue weighted by atomic mass is 35.5. The Labute approximate surface area is 107 Å². The molecule has 18 heavy (non-hydrogen) atoms. The quantitative estimate of drug-likeness (QED) is 0.673. The summed E-state index contributed by atoms with van der Waals surface area (Å²) in [4.78, 5) is 16.3. The Morgan fingerprint density at radius 1 is 1.11 bits per heavy atom. The minimum absolute atomic E-state index is 0.192. The van der Waals surface area contributed by atoms with E-state index in [1.165, 1.54) is 4.68 Å². The van der Waals surface area contributed by atoms with Crippen molar-refractivity contribution in [2.45, 2.75) is 0 Å². The molecule has 0 spiro atoms. The second-order valence-corrected chi connectivity index (χ2v) is 4.21. The van der Waals surface area contributed by atoms with Crippen LogP contribution in [0, 0.1) is 0 Å². The largest absolute Gasteiger partial charge is 0.280 e. The van der Waals surface area contributed by atoms with Crippen LogP contribution in [0.2, 0.25) is 5.02 Å². The maximum atomic E-state index is 12.2. The van der Waals surface area contributed by atoms with Gasteiger partial charge in [-0.1, -0.05) is 11.6 Å². The molecule has 4 nitrogen and oxygen atoms in total. The number of benzene rings is 1. The first-order valence-electron chi connectivity index (χ1n) is 5.35. The zero-order valence-corrected chi connectivity index (χ0v) is 10.0. The SMILES string of the molecule is O=c1c2cccnc2cnn1-c1ccc(Cl)cc1. The Morgan fingerprint density at radius 2 is 1.89 bits per heavy atom. The molecule has 0 radical (unpaired) electrons. The molecule has 0 saturated heterocycles. The summed E-state index contributed by atoms with van der Waals surface area (Å²) in [6.07, 6.45) is 3.21. The summed E-state index contributed by atoms with van der Waals surface area (Å²) >= 11 is 5.82. The van der Waals surface area contributed by atoms with Gasteiger partial charge in [-0.2, -0.15) is 9.78 Å². The van der Waals surface area contributed by atoms with Crippen LogP contribution < -0.4 is 5.56 Å². The molecule has 0 amide bonds. The molecule has 0 aliphatic heterocycles. The van der Waals surface area contributed by atoms with Gasteiger partial charge in [-0.3, -0.25) is 9.78 Å². The minimum atomic E-state index is -0.192. The summed E-state index contributed by atoms with van der Waals surface area (Å²) < 4.78 is 1.33. The van der Waals surface area contributed by atoms with Gasteiger partial charge in [-0.25, -0.2) is 0 Å². The molecule has 2 heterocycles.